The van der Waals surface area contributed by atoms with Crippen molar-refractivity contribution in [2.45, 2.75) is 71.2 Å². The molecule has 4 rings (SSSR count). The molecule has 0 saturated carbocycles. The van der Waals surface area contributed by atoms with Crippen LogP contribution in [-0.2, 0) is 20.6 Å². The summed E-state index contributed by atoms with van der Waals surface area (Å²) in [6, 6.07) is 7.12. The first-order chi connectivity index (χ1) is 20.6. The van der Waals surface area contributed by atoms with Crippen molar-refractivity contribution in [3.63, 3.8) is 0 Å². The van der Waals surface area contributed by atoms with Crippen LogP contribution in [0, 0.1) is 6.92 Å². The fourth-order valence-electron chi connectivity index (χ4n) is 5.06. The van der Waals surface area contributed by atoms with Gasteiger partial charge in [-0.1, -0.05) is 11.6 Å². The molecule has 1 aromatic heterocycles. The number of methoxy groups -OCH3 is 1. The molecular formula is C31H38CaN2O11. The van der Waals surface area contributed by atoms with Crippen molar-refractivity contribution in [2.75, 3.05) is 12.4 Å². The van der Waals surface area contributed by atoms with Gasteiger partial charge in [-0.05, 0) is 76.9 Å². The van der Waals surface area contributed by atoms with E-state index in [0.717, 1.165) is 5.57 Å². The van der Waals surface area contributed by atoms with E-state index in [1.54, 1.807) is 20.8 Å². The number of primary amides is 1. The van der Waals surface area contributed by atoms with E-state index >= 15 is 0 Å². The molecule has 45 heavy (non-hydrogen) atoms. The topological polar surface area (TPSA) is 200 Å². The second-order valence-electron chi connectivity index (χ2n) is 11.2. The van der Waals surface area contributed by atoms with E-state index < -0.39 is 59.3 Å². The number of nitrogens with two attached hydrogens (primary N) is 1. The van der Waals surface area contributed by atoms with Crippen molar-refractivity contribution < 1.29 is 48.3 Å². The van der Waals surface area contributed by atoms with Crippen LogP contribution in [0.15, 0.2) is 51.2 Å². The molecule has 0 unspecified atom stereocenters. The molecule has 6 N–H and O–H groups in total. The van der Waals surface area contributed by atoms with Gasteiger partial charge in [-0.25, -0.2) is 9.59 Å². The summed E-state index contributed by atoms with van der Waals surface area (Å²) in [4.78, 5) is 37.5. The number of amides is 2. The van der Waals surface area contributed by atoms with Crippen LogP contribution < -0.4 is 21.4 Å². The standard InChI is InChI=1S/C31H36N2O11.Ca.2H/c1-14(2)7-8-16-13-17(9-11-19(16)34)27(37)33-21-22(35)18-10-12-20(15(3)24(18)42-28(21)38)41-29-23(36)25(43-30(32)39)26(40-6)31(4,5)44-29;;;/h7,9-13,23,25-26,29,34-36H,8H2,1-6H3,(H2,32,39)(H,33,37);;;/t23-,25+,26-,29-;;;/m1.../s1. The zero-order valence-electron chi connectivity index (χ0n) is 25.2. The normalized spacial score (nSPS) is 20.5. The molecule has 240 valence electrons. The molecule has 2 aromatic carbocycles. The van der Waals surface area contributed by atoms with Crippen LogP contribution in [0.25, 0.3) is 11.0 Å². The Morgan fingerprint density at radius 3 is 2.47 bits per heavy atom. The van der Waals surface area contributed by atoms with Gasteiger partial charge in [0.15, 0.2) is 23.6 Å². The van der Waals surface area contributed by atoms with Gasteiger partial charge in [-0.3, -0.25) is 4.79 Å². The van der Waals surface area contributed by atoms with Crippen molar-refractivity contribution in [2.24, 2.45) is 5.73 Å². The number of aryl methyl sites for hydroxylation is 1. The van der Waals surface area contributed by atoms with E-state index in [0.29, 0.717) is 12.0 Å². The molecule has 4 atom stereocenters. The molecule has 2 amide bonds. The Labute approximate surface area is 288 Å². The van der Waals surface area contributed by atoms with Crippen molar-refractivity contribution in [1.82, 2.24) is 0 Å². The van der Waals surface area contributed by atoms with E-state index in [-0.39, 0.29) is 71.3 Å². The third-order valence-electron chi connectivity index (χ3n) is 7.33. The number of aliphatic hydroxyl groups excluding tert-OH is 1. The van der Waals surface area contributed by atoms with Gasteiger partial charge in [0.05, 0.1) is 11.0 Å². The molecule has 1 saturated heterocycles. The van der Waals surface area contributed by atoms with Gasteiger partial charge in [0, 0.05) is 18.2 Å². The number of carbonyl (C=O) groups excluding carboxylic acids is 2. The summed E-state index contributed by atoms with van der Waals surface area (Å²) < 4.78 is 27.9. The number of anilines is 1. The molecule has 0 bridgehead atoms. The third kappa shape index (κ3) is 7.74. The van der Waals surface area contributed by atoms with Crippen LogP contribution in [0.5, 0.6) is 17.2 Å². The Balaban J connectivity index is 0.00000552. The van der Waals surface area contributed by atoms with Crippen LogP contribution in [0.3, 0.4) is 0 Å². The molecule has 0 aliphatic carbocycles. The minimum absolute atomic E-state index is 0. The van der Waals surface area contributed by atoms with E-state index in [9.17, 15) is 29.7 Å². The van der Waals surface area contributed by atoms with Crippen LogP contribution in [0.1, 0.15) is 49.2 Å². The minimum atomic E-state index is -1.52. The number of phenols is 1. The van der Waals surface area contributed by atoms with Gasteiger partial charge < -0.3 is 49.7 Å². The van der Waals surface area contributed by atoms with Gasteiger partial charge in [-0.2, -0.15) is 0 Å². The van der Waals surface area contributed by atoms with Gasteiger partial charge in [-0.15, -0.1) is 0 Å². The Morgan fingerprint density at radius 2 is 1.84 bits per heavy atom. The quantitative estimate of drug-likeness (QED) is 0.136. The Kier molecular flexibility index (Phi) is 11.6. The first-order valence-electron chi connectivity index (χ1n) is 13.7. The number of aromatic hydroxyl groups is 2. The zero-order valence-corrected chi connectivity index (χ0v) is 25.2. The first kappa shape index (κ1) is 36.1. The van der Waals surface area contributed by atoms with Crippen molar-refractivity contribution in [3.05, 3.63) is 69.1 Å². The van der Waals surface area contributed by atoms with E-state index in [1.807, 2.05) is 19.9 Å². The SMILES string of the molecule is CO[C@@H]1[C@@H](OC(N)=O)[C@@H](O)[C@H](Oc2ccc3c(O)c(NC(=O)c4ccc(O)c(CC=C(C)C)c4)c(=O)oc3c2C)OC1(C)C.[CaH2]. The van der Waals surface area contributed by atoms with E-state index in [4.69, 9.17) is 29.1 Å². The number of allylic oxidation sites excluding steroid dienone is 2. The number of fused-ring (bicyclic) bond motifs is 1. The molecule has 2 heterocycles. The summed E-state index contributed by atoms with van der Waals surface area (Å²) >= 11 is 0. The zero-order chi connectivity index (χ0) is 32.5. The van der Waals surface area contributed by atoms with Crippen LogP contribution in [0.2, 0.25) is 0 Å². The van der Waals surface area contributed by atoms with Crippen LogP contribution in [-0.4, -0.2) is 102 Å². The third-order valence-corrected chi connectivity index (χ3v) is 7.33. The second kappa shape index (κ2) is 14.4. The van der Waals surface area contributed by atoms with Gasteiger partial charge in [0.25, 0.3) is 5.91 Å². The summed E-state index contributed by atoms with van der Waals surface area (Å²) in [5, 5.41) is 34.6. The number of hydrogen-bond acceptors (Lipinski definition) is 11. The molecule has 1 fully saturated rings. The average Bonchev–Trinajstić information content (AvgIpc) is 2.94. The maximum atomic E-state index is 13.0. The number of carbonyl (C=O) groups is 2. The second-order valence-corrected chi connectivity index (χ2v) is 11.2. The Bertz CT molecular complexity index is 1680. The molecule has 14 heteroatoms. The maximum absolute atomic E-state index is 13.0. The van der Waals surface area contributed by atoms with E-state index in [2.05, 4.69) is 5.32 Å². The average molecular weight is 655 g/mol. The van der Waals surface area contributed by atoms with Gasteiger partial charge >= 0.3 is 49.5 Å². The van der Waals surface area contributed by atoms with Crippen molar-refractivity contribution in [3.8, 4) is 17.2 Å². The predicted octanol–water partition coefficient (Wildman–Crippen LogP) is 2.71. The van der Waals surface area contributed by atoms with Crippen LogP contribution in [0.4, 0.5) is 10.5 Å². The molecule has 1 aliphatic rings. The summed E-state index contributed by atoms with van der Waals surface area (Å²) in [5.74, 6) is -1.09. The molecule has 0 radical (unpaired) electrons. The number of phenolic OH excluding ortho intramolecular Hbond substituents is 1. The van der Waals surface area contributed by atoms with Crippen molar-refractivity contribution >= 4 is 66.4 Å². The number of hydrogen-bond donors (Lipinski definition) is 5. The molecule has 13 nitrogen and oxygen atoms in total. The summed E-state index contributed by atoms with van der Waals surface area (Å²) in [6.45, 7) is 8.69. The molecule has 0 spiro atoms. The number of benzene rings is 2. The van der Waals surface area contributed by atoms with Gasteiger partial charge in [0.2, 0.25) is 6.29 Å². The van der Waals surface area contributed by atoms with E-state index in [1.165, 1.54) is 37.4 Å². The fraction of sp³-hybridized carbons (Fsp3) is 0.387. The Hall–Kier alpha value is -3.33. The summed E-state index contributed by atoms with van der Waals surface area (Å²) in [5.41, 5.74) is 4.54. The summed E-state index contributed by atoms with van der Waals surface area (Å²) in [7, 11) is 1.37. The first-order valence-corrected chi connectivity index (χ1v) is 13.7. The monoisotopic (exact) mass is 654 g/mol. The Morgan fingerprint density at radius 1 is 1.16 bits per heavy atom. The predicted molar refractivity (Wildman–Crippen MR) is 167 cm³/mol. The molecular weight excluding hydrogens is 616 g/mol. The number of ether oxygens (including phenoxy) is 4. The fourth-order valence-corrected chi connectivity index (χ4v) is 5.06. The number of rotatable bonds is 8. The summed E-state index contributed by atoms with van der Waals surface area (Å²) in [6.07, 6.45) is -3.81. The molecule has 3 aromatic rings. The van der Waals surface area contributed by atoms with Gasteiger partial charge in [0.1, 0.15) is 23.2 Å². The van der Waals surface area contributed by atoms with Crippen molar-refractivity contribution in [1.29, 1.82) is 0 Å². The number of aliphatic hydroxyl groups is 1. The number of nitrogens with one attached hydrogen (secondary N) is 1. The molecule has 1 aliphatic heterocycles. The van der Waals surface area contributed by atoms with Crippen LogP contribution >= 0.6 is 0 Å².